The molecule has 2 aromatic heterocycles. The average Bonchev–Trinajstić information content (AvgIpc) is 3.26. The molecule has 2 aromatic carbocycles. The van der Waals surface area contributed by atoms with Crippen LogP contribution in [0.3, 0.4) is 0 Å². The van der Waals surface area contributed by atoms with Gasteiger partial charge in [-0.15, -0.1) is 11.3 Å². The van der Waals surface area contributed by atoms with Crippen molar-refractivity contribution < 1.29 is 4.74 Å². The van der Waals surface area contributed by atoms with Crippen LogP contribution in [0.25, 0.3) is 22.2 Å². The molecule has 0 radical (unpaired) electrons. The lowest BCUT2D eigenvalue weighted by Crippen LogP contribution is -2.01. The number of fused-ring (bicyclic) bond motifs is 1. The summed E-state index contributed by atoms with van der Waals surface area (Å²) in [4.78, 5) is 4.76. The van der Waals surface area contributed by atoms with Gasteiger partial charge in [0.15, 0.2) is 5.13 Å². The van der Waals surface area contributed by atoms with Crippen molar-refractivity contribution in [3.63, 3.8) is 0 Å². The molecule has 0 aliphatic carbocycles. The van der Waals surface area contributed by atoms with E-state index in [9.17, 15) is 0 Å². The summed E-state index contributed by atoms with van der Waals surface area (Å²) in [7, 11) is 1.90. The van der Waals surface area contributed by atoms with Gasteiger partial charge in [-0.1, -0.05) is 30.3 Å². The summed E-state index contributed by atoms with van der Waals surface area (Å²) in [5.41, 5.74) is 5.89. The Morgan fingerprint density at radius 3 is 2.67 bits per heavy atom. The van der Waals surface area contributed by atoms with Gasteiger partial charge >= 0.3 is 0 Å². The zero-order chi connectivity index (χ0) is 18.8. The molecule has 0 spiro atoms. The van der Waals surface area contributed by atoms with Crippen molar-refractivity contribution in [2.75, 3.05) is 19.0 Å². The number of nitrogens with one attached hydrogen (secondary N) is 1. The molecule has 27 heavy (non-hydrogen) atoms. The minimum atomic E-state index is 0.658. The van der Waals surface area contributed by atoms with Gasteiger partial charge in [0.05, 0.1) is 12.3 Å². The van der Waals surface area contributed by atoms with E-state index < -0.39 is 0 Å². The van der Waals surface area contributed by atoms with E-state index >= 15 is 0 Å². The second-order valence-electron chi connectivity index (χ2n) is 6.43. The van der Waals surface area contributed by atoms with E-state index in [0.717, 1.165) is 23.1 Å². The van der Waals surface area contributed by atoms with Gasteiger partial charge in [0.25, 0.3) is 0 Å². The Balaban J connectivity index is 1.91. The fourth-order valence-corrected chi connectivity index (χ4v) is 4.18. The first kappa shape index (κ1) is 17.6. The number of ether oxygens (including phenoxy) is 1. The first-order chi connectivity index (χ1) is 13.2. The van der Waals surface area contributed by atoms with Gasteiger partial charge in [0.1, 0.15) is 5.75 Å². The van der Waals surface area contributed by atoms with E-state index in [-0.39, 0.29) is 0 Å². The first-order valence-corrected chi connectivity index (χ1v) is 10.0. The number of thiazole rings is 1. The number of hydrogen-bond donors (Lipinski definition) is 1. The van der Waals surface area contributed by atoms with Crippen LogP contribution in [0.1, 0.15) is 18.2 Å². The van der Waals surface area contributed by atoms with Crippen molar-refractivity contribution in [3.05, 3.63) is 65.2 Å². The van der Waals surface area contributed by atoms with Crippen LogP contribution in [0.2, 0.25) is 0 Å². The van der Waals surface area contributed by atoms with Crippen molar-refractivity contribution in [2.45, 2.75) is 20.4 Å². The van der Waals surface area contributed by atoms with Crippen LogP contribution >= 0.6 is 11.3 Å². The quantitative estimate of drug-likeness (QED) is 0.478. The van der Waals surface area contributed by atoms with Gasteiger partial charge in [-0.2, -0.15) is 0 Å². The summed E-state index contributed by atoms with van der Waals surface area (Å²) < 4.78 is 8.13. The van der Waals surface area contributed by atoms with Crippen molar-refractivity contribution in [1.29, 1.82) is 0 Å². The summed E-state index contributed by atoms with van der Waals surface area (Å²) in [6.45, 7) is 5.68. The van der Waals surface area contributed by atoms with E-state index in [1.165, 1.54) is 27.7 Å². The number of nitrogens with zero attached hydrogens (tertiary/aromatic N) is 2. The molecule has 138 valence electrons. The zero-order valence-electron chi connectivity index (χ0n) is 15.8. The molecule has 0 bridgehead atoms. The highest BCUT2D eigenvalue weighted by Gasteiger charge is 2.18. The first-order valence-electron chi connectivity index (χ1n) is 9.14. The number of anilines is 1. The van der Waals surface area contributed by atoms with Crippen LogP contribution < -0.4 is 10.1 Å². The standard InChI is InChI=1S/C22H23N3OS/c1-4-26-17-10-11-20-18(12-17)21(19-14-27-22(23-3)24-19)15(2)25(20)13-16-8-6-5-7-9-16/h5-12,14H,4,13H2,1-3H3,(H,23,24). The van der Waals surface area contributed by atoms with E-state index in [1.54, 1.807) is 11.3 Å². The number of hydrogen-bond acceptors (Lipinski definition) is 4. The lowest BCUT2D eigenvalue weighted by molar-refractivity contribution is 0.340. The smallest absolute Gasteiger partial charge is 0.182 e. The van der Waals surface area contributed by atoms with Crippen LogP contribution in [0.4, 0.5) is 5.13 Å². The van der Waals surface area contributed by atoms with Gasteiger partial charge < -0.3 is 14.6 Å². The summed E-state index contributed by atoms with van der Waals surface area (Å²) in [5.74, 6) is 0.896. The highest BCUT2D eigenvalue weighted by Crippen LogP contribution is 2.38. The Morgan fingerprint density at radius 2 is 1.96 bits per heavy atom. The second-order valence-corrected chi connectivity index (χ2v) is 7.29. The van der Waals surface area contributed by atoms with E-state index in [0.29, 0.717) is 6.61 Å². The Bertz CT molecular complexity index is 1070. The molecular formula is C22H23N3OS. The lowest BCUT2D eigenvalue weighted by Gasteiger charge is -2.09. The van der Waals surface area contributed by atoms with Gasteiger partial charge in [0.2, 0.25) is 0 Å². The van der Waals surface area contributed by atoms with Crippen LogP contribution in [0, 0.1) is 6.92 Å². The van der Waals surface area contributed by atoms with E-state index in [2.05, 4.69) is 70.7 Å². The number of benzene rings is 2. The van der Waals surface area contributed by atoms with Gasteiger partial charge in [-0.25, -0.2) is 4.98 Å². The van der Waals surface area contributed by atoms with Crippen molar-refractivity contribution in [2.24, 2.45) is 0 Å². The lowest BCUT2D eigenvalue weighted by atomic mass is 10.1. The monoisotopic (exact) mass is 377 g/mol. The summed E-state index contributed by atoms with van der Waals surface area (Å²) in [6.07, 6.45) is 0. The summed E-state index contributed by atoms with van der Waals surface area (Å²) >= 11 is 1.63. The molecule has 2 heterocycles. The fraction of sp³-hybridized carbons (Fsp3) is 0.227. The Kier molecular flexibility index (Phi) is 4.86. The molecule has 5 heteroatoms. The molecule has 1 N–H and O–H groups in total. The summed E-state index contributed by atoms with van der Waals surface area (Å²) in [6, 6.07) is 16.9. The predicted octanol–water partition coefficient (Wildman–Crippen LogP) is 5.56. The molecule has 0 atom stereocenters. The van der Waals surface area contributed by atoms with Gasteiger partial charge in [-0.3, -0.25) is 0 Å². The molecule has 0 aliphatic rings. The minimum absolute atomic E-state index is 0.658. The molecular weight excluding hydrogens is 354 g/mol. The van der Waals surface area contributed by atoms with Crippen LogP contribution in [0.5, 0.6) is 5.75 Å². The fourth-order valence-electron chi connectivity index (χ4n) is 3.51. The van der Waals surface area contributed by atoms with E-state index in [1.807, 2.05) is 14.0 Å². The molecule has 4 rings (SSSR count). The molecule has 4 nitrogen and oxygen atoms in total. The molecule has 0 amide bonds. The van der Waals surface area contributed by atoms with E-state index in [4.69, 9.17) is 9.72 Å². The Labute approximate surface area is 163 Å². The largest absolute Gasteiger partial charge is 0.494 e. The third-order valence-electron chi connectivity index (χ3n) is 4.76. The van der Waals surface area contributed by atoms with Crippen molar-refractivity contribution in [3.8, 4) is 17.0 Å². The topological polar surface area (TPSA) is 39.1 Å². The maximum absolute atomic E-state index is 5.76. The second kappa shape index (κ2) is 7.45. The number of aromatic nitrogens is 2. The Hall–Kier alpha value is -2.79. The summed E-state index contributed by atoms with van der Waals surface area (Å²) in [5, 5.41) is 7.37. The molecule has 0 aliphatic heterocycles. The molecule has 0 saturated carbocycles. The van der Waals surface area contributed by atoms with Crippen LogP contribution in [-0.2, 0) is 6.54 Å². The van der Waals surface area contributed by atoms with Crippen molar-refractivity contribution >= 4 is 27.4 Å². The molecule has 0 fully saturated rings. The average molecular weight is 378 g/mol. The number of rotatable bonds is 6. The van der Waals surface area contributed by atoms with Gasteiger partial charge in [-0.05, 0) is 37.6 Å². The zero-order valence-corrected chi connectivity index (χ0v) is 16.6. The third-order valence-corrected chi connectivity index (χ3v) is 5.62. The third kappa shape index (κ3) is 3.30. The molecule has 0 saturated heterocycles. The molecule has 0 unspecified atom stereocenters. The van der Waals surface area contributed by atoms with Crippen LogP contribution in [0.15, 0.2) is 53.9 Å². The van der Waals surface area contributed by atoms with Gasteiger partial charge in [0, 0.05) is 41.1 Å². The highest BCUT2D eigenvalue weighted by atomic mass is 32.1. The highest BCUT2D eigenvalue weighted by molar-refractivity contribution is 7.14. The SMILES string of the molecule is CCOc1ccc2c(c1)c(-c1csc(NC)n1)c(C)n2Cc1ccccc1. The maximum atomic E-state index is 5.76. The predicted molar refractivity (Wildman–Crippen MR) is 114 cm³/mol. The van der Waals surface area contributed by atoms with Crippen molar-refractivity contribution in [1.82, 2.24) is 9.55 Å². The van der Waals surface area contributed by atoms with Crippen LogP contribution in [-0.4, -0.2) is 23.2 Å². The Morgan fingerprint density at radius 1 is 1.15 bits per heavy atom. The minimum Gasteiger partial charge on any atom is -0.494 e. The molecule has 4 aromatic rings. The maximum Gasteiger partial charge on any atom is 0.182 e. The normalized spacial score (nSPS) is 11.1.